The van der Waals surface area contributed by atoms with Crippen LogP contribution in [0.1, 0.15) is 26.7 Å². The summed E-state index contributed by atoms with van der Waals surface area (Å²) < 4.78 is 0. The fraction of sp³-hybridized carbons (Fsp3) is 1.00. The molecule has 0 aliphatic heterocycles. The van der Waals surface area contributed by atoms with Gasteiger partial charge in [0, 0.05) is 5.25 Å². The van der Waals surface area contributed by atoms with E-state index in [-0.39, 0.29) is 0 Å². The lowest BCUT2D eigenvalue weighted by Crippen LogP contribution is -2.27. The van der Waals surface area contributed by atoms with Gasteiger partial charge in [0.15, 0.2) is 0 Å². The minimum absolute atomic E-state index is 0.724. The van der Waals surface area contributed by atoms with Gasteiger partial charge in [0.05, 0.1) is 0 Å². The molecule has 0 unspecified atom stereocenters. The van der Waals surface area contributed by atoms with Crippen molar-refractivity contribution in [2.45, 2.75) is 31.9 Å². The van der Waals surface area contributed by atoms with Gasteiger partial charge in [0.25, 0.3) is 0 Å². The lowest BCUT2D eigenvalue weighted by atomic mass is 9.77. The van der Waals surface area contributed by atoms with Gasteiger partial charge in [0.2, 0.25) is 0 Å². The van der Waals surface area contributed by atoms with Crippen LogP contribution in [0.5, 0.6) is 0 Å². The molecule has 0 amide bonds. The molecule has 0 N–H and O–H groups in total. The number of thiol groups is 1. The van der Waals surface area contributed by atoms with Gasteiger partial charge in [-0.15, -0.1) is 0 Å². The zero-order valence-electron chi connectivity index (χ0n) is 5.59. The van der Waals surface area contributed by atoms with Crippen molar-refractivity contribution in [3.8, 4) is 0 Å². The Morgan fingerprint density at radius 1 is 1.38 bits per heavy atom. The van der Waals surface area contributed by atoms with Crippen LogP contribution in [-0.4, -0.2) is 5.25 Å². The largest absolute Gasteiger partial charge is 0.176 e. The number of rotatable bonds is 1. The summed E-state index contributed by atoms with van der Waals surface area (Å²) in [5, 5.41) is 0.724. The van der Waals surface area contributed by atoms with Crippen molar-refractivity contribution in [3.63, 3.8) is 0 Å². The Balaban J connectivity index is 2.15. The van der Waals surface area contributed by atoms with Crippen LogP contribution >= 0.6 is 12.6 Å². The average molecular weight is 130 g/mol. The monoisotopic (exact) mass is 130 g/mol. The molecule has 1 rings (SSSR count). The Kier molecular flexibility index (Phi) is 1.86. The first-order valence-corrected chi connectivity index (χ1v) is 3.90. The maximum atomic E-state index is 4.34. The Morgan fingerprint density at radius 3 is 2.00 bits per heavy atom. The standard InChI is InChI=1S/C7H14S/c1-5(2)6-3-7(8)4-6/h5-8H,3-4H2,1-2H3. The molecule has 0 aromatic rings. The molecule has 48 valence electrons. The molecular weight excluding hydrogens is 116 g/mol. The van der Waals surface area contributed by atoms with E-state index in [2.05, 4.69) is 26.5 Å². The summed E-state index contributed by atoms with van der Waals surface area (Å²) in [6.45, 7) is 4.59. The summed E-state index contributed by atoms with van der Waals surface area (Å²) >= 11 is 4.34. The molecule has 0 aromatic carbocycles. The van der Waals surface area contributed by atoms with E-state index in [1.54, 1.807) is 0 Å². The van der Waals surface area contributed by atoms with Crippen LogP contribution < -0.4 is 0 Å². The maximum Gasteiger partial charge on any atom is 0.00222 e. The highest BCUT2D eigenvalue weighted by atomic mass is 32.1. The van der Waals surface area contributed by atoms with Crippen LogP contribution in [0.2, 0.25) is 0 Å². The number of hydrogen-bond acceptors (Lipinski definition) is 1. The quantitative estimate of drug-likeness (QED) is 0.517. The van der Waals surface area contributed by atoms with E-state index in [4.69, 9.17) is 0 Å². The van der Waals surface area contributed by atoms with Gasteiger partial charge in [-0.05, 0) is 24.7 Å². The predicted molar refractivity (Wildman–Crippen MR) is 40.3 cm³/mol. The van der Waals surface area contributed by atoms with E-state index in [9.17, 15) is 0 Å². The zero-order chi connectivity index (χ0) is 6.15. The van der Waals surface area contributed by atoms with Gasteiger partial charge in [-0.25, -0.2) is 0 Å². The van der Waals surface area contributed by atoms with Gasteiger partial charge >= 0.3 is 0 Å². The summed E-state index contributed by atoms with van der Waals surface area (Å²) in [5.74, 6) is 1.87. The molecular formula is C7H14S. The van der Waals surface area contributed by atoms with E-state index in [0.717, 1.165) is 17.1 Å². The molecule has 0 bridgehead atoms. The zero-order valence-corrected chi connectivity index (χ0v) is 6.49. The van der Waals surface area contributed by atoms with E-state index >= 15 is 0 Å². The fourth-order valence-corrected chi connectivity index (χ4v) is 1.72. The summed E-state index contributed by atoms with van der Waals surface area (Å²) in [4.78, 5) is 0. The van der Waals surface area contributed by atoms with Crippen molar-refractivity contribution >= 4 is 12.6 Å². The first kappa shape index (κ1) is 6.47. The van der Waals surface area contributed by atoms with Crippen molar-refractivity contribution < 1.29 is 0 Å². The van der Waals surface area contributed by atoms with E-state index < -0.39 is 0 Å². The number of hydrogen-bond donors (Lipinski definition) is 1. The second kappa shape index (κ2) is 2.30. The van der Waals surface area contributed by atoms with Gasteiger partial charge < -0.3 is 0 Å². The molecule has 1 aliphatic rings. The molecule has 0 nitrogen and oxygen atoms in total. The molecule has 1 fully saturated rings. The molecule has 0 saturated heterocycles. The second-order valence-corrected chi connectivity index (χ2v) is 3.86. The second-order valence-electron chi connectivity index (χ2n) is 3.13. The van der Waals surface area contributed by atoms with E-state index in [1.807, 2.05) is 0 Å². The lowest BCUT2D eigenvalue weighted by Gasteiger charge is -2.34. The first-order valence-electron chi connectivity index (χ1n) is 3.38. The van der Waals surface area contributed by atoms with Crippen molar-refractivity contribution in [1.29, 1.82) is 0 Å². The minimum Gasteiger partial charge on any atom is -0.176 e. The maximum absolute atomic E-state index is 4.34. The lowest BCUT2D eigenvalue weighted by molar-refractivity contribution is 0.246. The Morgan fingerprint density at radius 2 is 1.88 bits per heavy atom. The summed E-state index contributed by atoms with van der Waals surface area (Å²) in [5.41, 5.74) is 0. The third-order valence-electron chi connectivity index (χ3n) is 2.09. The summed E-state index contributed by atoms with van der Waals surface area (Å²) in [7, 11) is 0. The van der Waals surface area contributed by atoms with Crippen LogP contribution in [0.3, 0.4) is 0 Å². The molecule has 1 saturated carbocycles. The molecule has 0 atom stereocenters. The van der Waals surface area contributed by atoms with Crippen LogP contribution in [0.15, 0.2) is 0 Å². The Bertz CT molecular complexity index is 72.5. The molecule has 0 aromatic heterocycles. The fourth-order valence-electron chi connectivity index (χ4n) is 1.17. The third kappa shape index (κ3) is 1.19. The third-order valence-corrected chi connectivity index (χ3v) is 2.51. The van der Waals surface area contributed by atoms with E-state index in [0.29, 0.717) is 0 Å². The SMILES string of the molecule is CC(C)C1CC(S)C1. The van der Waals surface area contributed by atoms with Crippen molar-refractivity contribution in [1.82, 2.24) is 0 Å². The Labute approximate surface area is 57.1 Å². The van der Waals surface area contributed by atoms with Gasteiger partial charge in [-0.2, -0.15) is 12.6 Å². The van der Waals surface area contributed by atoms with Gasteiger partial charge in [-0.3, -0.25) is 0 Å². The van der Waals surface area contributed by atoms with Crippen molar-refractivity contribution in [3.05, 3.63) is 0 Å². The minimum atomic E-state index is 0.724. The Hall–Kier alpha value is 0.350. The highest BCUT2D eigenvalue weighted by Crippen LogP contribution is 2.36. The van der Waals surface area contributed by atoms with Crippen LogP contribution in [0, 0.1) is 11.8 Å². The highest BCUT2D eigenvalue weighted by molar-refractivity contribution is 7.81. The molecule has 0 radical (unpaired) electrons. The van der Waals surface area contributed by atoms with Crippen LogP contribution in [0.25, 0.3) is 0 Å². The van der Waals surface area contributed by atoms with Crippen LogP contribution in [0.4, 0.5) is 0 Å². The molecule has 0 spiro atoms. The smallest absolute Gasteiger partial charge is 0.00222 e. The summed E-state index contributed by atoms with van der Waals surface area (Å²) in [6.07, 6.45) is 2.70. The van der Waals surface area contributed by atoms with Crippen LogP contribution in [-0.2, 0) is 0 Å². The van der Waals surface area contributed by atoms with Gasteiger partial charge in [-0.1, -0.05) is 13.8 Å². The predicted octanol–water partition coefficient (Wildman–Crippen LogP) is 2.35. The normalized spacial score (nSPS) is 37.5. The molecule has 1 heteroatoms. The topological polar surface area (TPSA) is 0 Å². The van der Waals surface area contributed by atoms with Crippen molar-refractivity contribution in [2.75, 3.05) is 0 Å². The van der Waals surface area contributed by atoms with Crippen molar-refractivity contribution in [2.24, 2.45) is 11.8 Å². The molecule has 0 heterocycles. The highest BCUT2D eigenvalue weighted by Gasteiger charge is 2.27. The molecule has 8 heavy (non-hydrogen) atoms. The van der Waals surface area contributed by atoms with Gasteiger partial charge in [0.1, 0.15) is 0 Å². The molecule has 1 aliphatic carbocycles. The van der Waals surface area contributed by atoms with E-state index in [1.165, 1.54) is 12.8 Å². The average Bonchev–Trinajstić information content (AvgIpc) is 1.57. The first-order chi connectivity index (χ1) is 3.70. The summed E-state index contributed by atoms with van der Waals surface area (Å²) in [6, 6.07) is 0.